The summed E-state index contributed by atoms with van der Waals surface area (Å²) < 4.78 is 6.09. The maximum atomic E-state index is 6.09. The number of nitrogens with zero attached hydrogens (tertiary/aromatic N) is 3. The molecule has 1 fully saturated rings. The zero-order valence-corrected chi connectivity index (χ0v) is 13.3. The zero-order valence-electron chi connectivity index (χ0n) is 12.5. The van der Waals surface area contributed by atoms with E-state index in [1.54, 1.807) is 11.3 Å². The smallest absolute Gasteiger partial charge is 0.205 e. The summed E-state index contributed by atoms with van der Waals surface area (Å²) in [5.41, 5.74) is -0.228. The van der Waals surface area contributed by atoms with Crippen LogP contribution in [0.1, 0.15) is 39.6 Å². The largest absolute Gasteiger partial charge is 0.367 e. The van der Waals surface area contributed by atoms with E-state index in [0.717, 1.165) is 36.3 Å². The number of ether oxygens (including phenoxy) is 1. The van der Waals surface area contributed by atoms with Gasteiger partial charge in [-0.3, -0.25) is 4.90 Å². The van der Waals surface area contributed by atoms with E-state index in [-0.39, 0.29) is 11.2 Å². The Hall–Kier alpha value is -0.720. The molecule has 1 N–H and O–H groups in total. The summed E-state index contributed by atoms with van der Waals surface area (Å²) in [7, 11) is 0. The SMILES string of the molecule is CCNc1nnc(CN2CC(C)(C)OC(C)(C)C2)s1. The van der Waals surface area contributed by atoms with Crippen molar-refractivity contribution in [2.45, 2.75) is 52.4 Å². The summed E-state index contributed by atoms with van der Waals surface area (Å²) in [6, 6.07) is 0. The molecule has 1 saturated heterocycles. The fraction of sp³-hybridized carbons (Fsp3) is 0.846. The monoisotopic (exact) mass is 284 g/mol. The molecule has 0 bridgehead atoms. The van der Waals surface area contributed by atoms with Crippen LogP contribution in [0, 0.1) is 0 Å². The second-order valence-corrected chi connectivity index (χ2v) is 7.36. The maximum Gasteiger partial charge on any atom is 0.205 e. The molecule has 0 aromatic carbocycles. The van der Waals surface area contributed by atoms with Crippen LogP contribution in [0.2, 0.25) is 0 Å². The summed E-state index contributed by atoms with van der Waals surface area (Å²) in [6.45, 7) is 14.2. The molecule has 0 amide bonds. The van der Waals surface area contributed by atoms with Crippen molar-refractivity contribution in [3.8, 4) is 0 Å². The molecule has 0 radical (unpaired) electrons. The average molecular weight is 284 g/mol. The Labute approximate surface area is 119 Å². The van der Waals surface area contributed by atoms with Crippen molar-refractivity contribution >= 4 is 16.5 Å². The molecule has 0 atom stereocenters. The summed E-state index contributed by atoms with van der Waals surface area (Å²) >= 11 is 1.64. The Bertz CT molecular complexity index is 414. The van der Waals surface area contributed by atoms with Gasteiger partial charge in [-0.05, 0) is 34.6 Å². The molecular formula is C13H24N4OS. The summed E-state index contributed by atoms with van der Waals surface area (Å²) in [5, 5.41) is 13.6. The van der Waals surface area contributed by atoms with E-state index >= 15 is 0 Å². The molecular weight excluding hydrogens is 260 g/mol. The van der Waals surface area contributed by atoms with Crippen molar-refractivity contribution in [2.24, 2.45) is 0 Å². The lowest BCUT2D eigenvalue weighted by Crippen LogP contribution is -2.56. The third kappa shape index (κ3) is 4.12. The Morgan fingerprint density at radius 2 is 1.84 bits per heavy atom. The predicted molar refractivity (Wildman–Crippen MR) is 78.6 cm³/mol. The van der Waals surface area contributed by atoms with Gasteiger partial charge in [0.05, 0.1) is 17.7 Å². The van der Waals surface area contributed by atoms with Crippen LogP contribution in [-0.4, -0.2) is 45.9 Å². The predicted octanol–water partition coefficient (Wildman–Crippen LogP) is 2.36. The minimum absolute atomic E-state index is 0.114. The molecule has 1 aromatic rings. The third-order valence-corrected chi connectivity index (χ3v) is 3.78. The molecule has 2 rings (SSSR count). The standard InChI is InChI=1S/C13H24N4OS/c1-6-14-11-16-15-10(19-11)7-17-8-12(2,3)18-13(4,5)9-17/h6-9H2,1-5H3,(H,14,16). The van der Waals surface area contributed by atoms with Crippen LogP contribution in [-0.2, 0) is 11.3 Å². The number of hydrogen-bond acceptors (Lipinski definition) is 6. The second kappa shape index (κ2) is 5.34. The zero-order chi connectivity index (χ0) is 14.1. The number of rotatable bonds is 4. The molecule has 19 heavy (non-hydrogen) atoms. The summed E-state index contributed by atoms with van der Waals surface area (Å²) in [6.07, 6.45) is 0. The minimum Gasteiger partial charge on any atom is -0.367 e. The molecule has 6 heteroatoms. The lowest BCUT2D eigenvalue weighted by atomic mass is 9.99. The first-order chi connectivity index (χ1) is 8.80. The van der Waals surface area contributed by atoms with Gasteiger partial charge in [0, 0.05) is 19.6 Å². The van der Waals surface area contributed by atoms with Crippen LogP contribution in [0.5, 0.6) is 0 Å². The van der Waals surface area contributed by atoms with E-state index < -0.39 is 0 Å². The molecule has 108 valence electrons. The molecule has 0 unspecified atom stereocenters. The van der Waals surface area contributed by atoms with Crippen molar-refractivity contribution in [3.63, 3.8) is 0 Å². The van der Waals surface area contributed by atoms with E-state index in [0.29, 0.717) is 0 Å². The normalized spacial score (nSPS) is 22.4. The van der Waals surface area contributed by atoms with E-state index in [2.05, 4.69) is 55.0 Å². The number of hydrogen-bond donors (Lipinski definition) is 1. The molecule has 0 spiro atoms. The van der Waals surface area contributed by atoms with Crippen LogP contribution in [0.4, 0.5) is 5.13 Å². The van der Waals surface area contributed by atoms with Crippen LogP contribution in [0.3, 0.4) is 0 Å². The van der Waals surface area contributed by atoms with Gasteiger partial charge in [0.1, 0.15) is 5.01 Å². The quantitative estimate of drug-likeness (QED) is 0.920. The highest BCUT2D eigenvalue weighted by Gasteiger charge is 2.38. The van der Waals surface area contributed by atoms with Gasteiger partial charge in [0.15, 0.2) is 0 Å². The van der Waals surface area contributed by atoms with Gasteiger partial charge in [-0.1, -0.05) is 11.3 Å². The Balaban J connectivity index is 2.01. The first kappa shape index (κ1) is 14.7. The first-order valence-corrected chi connectivity index (χ1v) is 7.60. The Morgan fingerprint density at radius 3 is 2.42 bits per heavy atom. The summed E-state index contributed by atoms with van der Waals surface area (Å²) in [5.74, 6) is 0. The van der Waals surface area contributed by atoms with Gasteiger partial charge in [0.25, 0.3) is 0 Å². The molecule has 1 aromatic heterocycles. The molecule has 1 aliphatic rings. The van der Waals surface area contributed by atoms with Crippen molar-refractivity contribution in [3.05, 3.63) is 5.01 Å². The van der Waals surface area contributed by atoms with Crippen molar-refractivity contribution in [1.29, 1.82) is 0 Å². The minimum atomic E-state index is -0.114. The number of aromatic nitrogens is 2. The highest BCUT2D eigenvalue weighted by molar-refractivity contribution is 7.15. The first-order valence-electron chi connectivity index (χ1n) is 6.78. The fourth-order valence-corrected chi connectivity index (χ4v) is 3.64. The van der Waals surface area contributed by atoms with Gasteiger partial charge in [-0.15, -0.1) is 10.2 Å². The van der Waals surface area contributed by atoms with Gasteiger partial charge in [-0.25, -0.2) is 0 Å². The molecule has 2 heterocycles. The van der Waals surface area contributed by atoms with Crippen molar-refractivity contribution in [1.82, 2.24) is 15.1 Å². The number of nitrogens with one attached hydrogen (secondary N) is 1. The third-order valence-electron chi connectivity index (χ3n) is 2.92. The second-order valence-electron chi connectivity index (χ2n) is 6.30. The molecule has 5 nitrogen and oxygen atoms in total. The van der Waals surface area contributed by atoms with Crippen molar-refractivity contribution < 1.29 is 4.74 Å². The highest BCUT2D eigenvalue weighted by Crippen LogP contribution is 2.29. The lowest BCUT2D eigenvalue weighted by Gasteiger charge is -2.46. The Kier molecular flexibility index (Phi) is 4.13. The van der Waals surface area contributed by atoms with Crippen molar-refractivity contribution in [2.75, 3.05) is 25.0 Å². The molecule has 0 aliphatic carbocycles. The van der Waals surface area contributed by atoms with Gasteiger partial charge in [0.2, 0.25) is 5.13 Å². The van der Waals surface area contributed by atoms with Crippen LogP contribution >= 0.6 is 11.3 Å². The number of morpholine rings is 1. The van der Waals surface area contributed by atoms with E-state index in [4.69, 9.17) is 4.74 Å². The van der Waals surface area contributed by atoms with E-state index in [1.807, 2.05) is 0 Å². The van der Waals surface area contributed by atoms with Gasteiger partial charge < -0.3 is 10.1 Å². The van der Waals surface area contributed by atoms with Crippen LogP contribution in [0.25, 0.3) is 0 Å². The van der Waals surface area contributed by atoms with E-state index in [1.165, 1.54) is 0 Å². The topological polar surface area (TPSA) is 50.3 Å². The molecule has 0 saturated carbocycles. The van der Waals surface area contributed by atoms with Crippen LogP contribution < -0.4 is 5.32 Å². The molecule has 1 aliphatic heterocycles. The lowest BCUT2D eigenvalue weighted by molar-refractivity contribution is -0.182. The van der Waals surface area contributed by atoms with Crippen LogP contribution in [0.15, 0.2) is 0 Å². The average Bonchev–Trinajstić information content (AvgIpc) is 2.60. The maximum absolute atomic E-state index is 6.09. The van der Waals surface area contributed by atoms with Gasteiger partial charge >= 0.3 is 0 Å². The Morgan fingerprint density at radius 1 is 1.21 bits per heavy atom. The van der Waals surface area contributed by atoms with E-state index in [9.17, 15) is 0 Å². The summed E-state index contributed by atoms with van der Waals surface area (Å²) in [4.78, 5) is 2.40. The van der Waals surface area contributed by atoms with Gasteiger partial charge in [-0.2, -0.15) is 0 Å². The fourth-order valence-electron chi connectivity index (χ4n) is 2.79. The highest BCUT2D eigenvalue weighted by atomic mass is 32.1. The number of anilines is 1.